The number of carbonyl (C=O) groups is 1. The predicted molar refractivity (Wildman–Crippen MR) is 85.2 cm³/mol. The standard InChI is InChI=1S/C18H14OS/c1-13(19)18-17(15-10-6-3-7-11-15)16(12-20-18)14-8-4-2-5-9-14/h2-12H,1H3. The molecule has 0 saturated carbocycles. The molecule has 20 heavy (non-hydrogen) atoms. The van der Waals surface area contributed by atoms with E-state index in [1.807, 2.05) is 36.4 Å². The van der Waals surface area contributed by atoms with Crippen LogP contribution in [0.15, 0.2) is 66.0 Å². The van der Waals surface area contributed by atoms with Crippen LogP contribution in [0.4, 0.5) is 0 Å². The molecule has 1 aromatic heterocycles. The van der Waals surface area contributed by atoms with Crippen molar-refractivity contribution >= 4 is 17.1 Å². The van der Waals surface area contributed by atoms with Crippen LogP contribution < -0.4 is 0 Å². The normalized spacial score (nSPS) is 10.4. The average molecular weight is 278 g/mol. The van der Waals surface area contributed by atoms with Crippen LogP contribution in [-0.2, 0) is 0 Å². The van der Waals surface area contributed by atoms with Gasteiger partial charge in [-0.15, -0.1) is 11.3 Å². The molecule has 0 saturated heterocycles. The molecule has 0 aliphatic carbocycles. The Labute approximate surface area is 122 Å². The Morgan fingerprint density at radius 3 is 1.95 bits per heavy atom. The molecule has 1 nitrogen and oxygen atoms in total. The minimum absolute atomic E-state index is 0.121. The van der Waals surface area contributed by atoms with Gasteiger partial charge in [-0.25, -0.2) is 0 Å². The molecule has 0 spiro atoms. The first-order valence-electron chi connectivity index (χ1n) is 6.50. The molecular weight excluding hydrogens is 264 g/mol. The Kier molecular flexibility index (Phi) is 3.48. The Hall–Kier alpha value is -2.19. The summed E-state index contributed by atoms with van der Waals surface area (Å²) in [5.41, 5.74) is 4.43. The van der Waals surface area contributed by atoms with Crippen molar-refractivity contribution in [2.75, 3.05) is 0 Å². The van der Waals surface area contributed by atoms with E-state index in [1.165, 1.54) is 11.3 Å². The van der Waals surface area contributed by atoms with Gasteiger partial charge in [0.05, 0.1) is 4.88 Å². The smallest absolute Gasteiger partial charge is 0.170 e. The fourth-order valence-electron chi connectivity index (χ4n) is 2.34. The summed E-state index contributed by atoms with van der Waals surface area (Å²) in [7, 11) is 0. The lowest BCUT2D eigenvalue weighted by Crippen LogP contribution is -1.91. The summed E-state index contributed by atoms with van der Waals surface area (Å²) in [6, 6.07) is 20.3. The zero-order valence-electron chi connectivity index (χ0n) is 11.2. The molecule has 3 aromatic rings. The van der Waals surface area contributed by atoms with E-state index >= 15 is 0 Å². The lowest BCUT2D eigenvalue weighted by atomic mass is 9.96. The number of carbonyl (C=O) groups excluding carboxylic acids is 1. The molecular formula is C18H14OS. The largest absolute Gasteiger partial charge is 0.294 e. The highest BCUT2D eigenvalue weighted by Crippen LogP contribution is 2.39. The van der Waals surface area contributed by atoms with Crippen molar-refractivity contribution in [2.24, 2.45) is 0 Å². The first-order valence-corrected chi connectivity index (χ1v) is 7.38. The maximum atomic E-state index is 11.9. The number of hydrogen-bond donors (Lipinski definition) is 0. The van der Waals surface area contributed by atoms with Crippen LogP contribution in [0.5, 0.6) is 0 Å². The molecule has 0 aliphatic heterocycles. The minimum atomic E-state index is 0.121. The molecule has 1 heterocycles. The summed E-state index contributed by atoms with van der Waals surface area (Å²) in [5.74, 6) is 0.121. The quantitative estimate of drug-likeness (QED) is 0.595. The fourth-order valence-corrected chi connectivity index (χ4v) is 3.34. The molecule has 98 valence electrons. The Morgan fingerprint density at radius 1 is 0.850 bits per heavy atom. The molecule has 0 radical (unpaired) electrons. The van der Waals surface area contributed by atoms with Crippen molar-refractivity contribution in [1.29, 1.82) is 0 Å². The van der Waals surface area contributed by atoms with Crippen LogP contribution in [0, 0.1) is 0 Å². The second-order valence-electron chi connectivity index (χ2n) is 4.64. The van der Waals surface area contributed by atoms with E-state index in [9.17, 15) is 4.79 Å². The van der Waals surface area contributed by atoms with Gasteiger partial charge in [-0.2, -0.15) is 0 Å². The van der Waals surface area contributed by atoms with Crippen LogP contribution in [0.3, 0.4) is 0 Å². The van der Waals surface area contributed by atoms with E-state index in [0.717, 1.165) is 27.1 Å². The third kappa shape index (κ3) is 2.30. The number of rotatable bonds is 3. The number of thiophene rings is 1. The minimum Gasteiger partial charge on any atom is -0.294 e. The molecule has 0 aliphatic rings. The molecule has 0 fully saturated rings. The van der Waals surface area contributed by atoms with Gasteiger partial charge in [-0.3, -0.25) is 4.79 Å². The van der Waals surface area contributed by atoms with Crippen LogP contribution in [-0.4, -0.2) is 5.78 Å². The van der Waals surface area contributed by atoms with E-state index < -0.39 is 0 Å². The van der Waals surface area contributed by atoms with Gasteiger partial charge in [0.2, 0.25) is 0 Å². The lowest BCUT2D eigenvalue weighted by Gasteiger charge is -2.07. The first-order chi connectivity index (χ1) is 9.77. The van der Waals surface area contributed by atoms with Crippen LogP contribution in [0.25, 0.3) is 22.3 Å². The second kappa shape index (κ2) is 5.43. The molecule has 2 aromatic carbocycles. The predicted octanol–water partition coefficient (Wildman–Crippen LogP) is 5.28. The number of hydrogen-bond acceptors (Lipinski definition) is 2. The summed E-state index contributed by atoms with van der Waals surface area (Å²) < 4.78 is 0. The highest BCUT2D eigenvalue weighted by molar-refractivity contribution is 7.13. The molecule has 0 N–H and O–H groups in total. The van der Waals surface area contributed by atoms with Gasteiger partial charge in [0, 0.05) is 11.1 Å². The van der Waals surface area contributed by atoms with E-state index in [-0.39, 0.29) is 5.78 Å². The Balaban J connectivity index is 2.25. The van der Waals surface area contributed by atoms with Crippen molar-refractivity contribution in [1.82, 2.24) is 0 Å². The summed E-state index contributed by atoms with van der Waals surface area (Å²) in [6.07, 6.45) is 0. The number of benzene rings is 2. The summed E-state index contributed by atoms with van der Waals surface area (Å²) in [5, 5.41) is 2.08. The summed E-state index contributed by atoms with van der Waals surface area (Å²) >= 11 is 1.52. The number of Topliss-reactive ketones (excluding diaryl/α,β-unsaturated/α-hetero) is 1. The molecule has 0 amide bonds. The molecule has 0 unspecified atom stereocenters. The highest BCUT2D eigenvalue weighted by Gasteiger charge is 2.17. The van der Waals surface area contributed by atoms with Crippen LogP contribution in [0.2, 0.25) is 0 Å². The van der Waals surface area contributed by atoms with Crippen molar-refractivity contribution in [3.8, 4) is 22.3 Å². The van der Waals surface area contributed by atoms with Crippen molar-refractivity contribution < 1.29 is 4.79 Å². The van der Waals surface area contributed by atoms with Gasteiger partial charge in [0.25, 0.3) is 0 Å². The van der Waals surface area contributed by atoms with E-state index in [1.54, 1.807) is 6.92 Å². The van der Waals surface area contributed by atoms with E-state index in [4.69, 9.17) is 0 Å². The maximum absolute atomic E-state index is 11.9. The summed E-state index contributed by atoms with van der Waals surface area (Å²) in [6.45, 7) is 1.63. The van der Waals surface area contributed by atoms with Gasteiger partial charge in [-0.1, -0.05) is 60.7 Å². The monoisotopic (exact) mass is 278 g/mol. The lowest BCUT2D eigenvalue weighted by molar-refractivity contribution is 0.102. The van der Waals surface area contributed by atoms with E-state index in [2.05, 4.69) is 29.6 Å². The van der Waals surface area contributed by atoms with Crippen molar-refractivity contribution in [3.05, 3.63) is 70.9 Å². The molecule has 2 heteroatoms. The van der Waals surface area contributed by atoms with Gasteiger partial charge in [-0.05, 0) is 23.4 Å². The van der Waals surface area contributed by atoms with Crippen molar-refractivity contribution in [2.45, 2.75) is 6.92 Å². The van der Waals surface area contributed by atoms with Crippen LogP contribution >= 0.6 is 11.3 Å². The highest BCUT2D eigenvalue weighted by atomic mass is 32.1. The third-order valence-corrected chi connectivity index (χ3v) is 4.34. The average Bonchev–Trinajstić information content (AvgIpc) is 2.94. The Morgan fingerprint density at radius 2 is 1.40 bits per heavy atom. The third-order valence-electron chi connectivity index (χ3n) is 3.26. The zero-order valence-corrected chi connectivity index (χ0v) is 12.0. The zero-order chi connectivity index (χ0) is 13.9. The maximum Gasteiger partial charge on any atom is 0.170 e. The van der Waals surface area contributed by atoms with Gasteiger partial charge < -0.3 is 0 Å². The summed E-state index contributed by atoms with van der Waals surface area (Å²) in [4.78, 5) is 12.7. The fraction of sp³-hybridized carbons (Fsp3) is 0.0556. The molecule has 0 bridgehead atoms. The Bertz CT molecular complexity index is 727. The second-order valence-corrected chi connectivity index (χ2v) is 5.52. The van der Waals surface area contributed by atoms with Gasteiger partial charge in [0.15, 0.2) is 5.78 Å². The first kappa shape index (κ1) is 12.8. The topological polar surface area (TPSA) is 17.1 Å². The SMILES string of the molecule is CC(=O)c1scc(-c2ccccc2)c1-c1ccccc1. The number of ketones is 1. The van der Waals surface area contributed by atoms with Gasteiger partial charge >= 0.3 is 0 Å². The molecule has 3 rings (SSSR count). The van der Waals surface area contributed by atoms with E-state index in [0.29, 0.717) is 0 Å². The van der Waals surface area contributed by atoms with Gasteiger partial charge in [0.1, 0.15) is 0 Å². The molecule has 0 atom stereocenters. The van der Waals surface area contributed by atoms with Crippen molar-refractivity contribution in [3.63, 3.8) is 0 Å². The van der Waals surface area contributed by atoms with Crippen LogP contribution in [0.1, 0.15) is 16.6 Å².